The van der Waals surface area contributed by atoms with Gasteiger partial charge in [0, 0.05) is 40.3 Å². The number of aromatic nitrogens is 1. The number of carbonyl (C=O) groups is 2. The van der Waals surface area contributed by atoms with Crippen molar-refractivity contribution in [3.63, 3.8) is 0 Å². The molecule has 5 rings (SSSR count). The molecular formula is C28H26N2O2. The Morgan fingerprint density at radius 2 is 1.41 bits per heavy atom. The summed E-state index contributed by atoms with van der Waals surface area (Å²) in [5, 5.41) is 3.99. The summed E-state index contributed by atoms with van der Waals surface area (Å²) < 4.78 is 0. The summed E-state index contributed by atoms with van der Waals surface area (Å²) in [5.74, 6) is -0.370. The second kappa shape index (κ2) is 7.86. The number of benzene rings is 3. The highest BCUT2D eigenvalue weighted by Crippen LogP contribution is 2.39. The van der Waals surface area contributed by atoms with E-state index in [9.17, 15) is 9.59 Å². The molecule has 0 radical (unpaired) electrons. The van der Waals surface area contributed by atoms with Gasteiger partial charge < -0.3 is 0 Å². The number of amides is 2. The molecule has 32 heavy (non-hydrogen) atoms. The van der Waals surface area contributed by atoms with E-state index in [2.05, 4.69) is 31.0 Å². The Balaban J connectivity index is 1.73. The van der Waals surface area contributed by atoms with E-state index in [0.717, 1.165) is 57.6 Å². The van der Waals surface area contributed by atoms with Gasteiger partial charge in [0.1, 0.15) is 0 Å². The van der Waals surface area contributed by atoms with Crippen LogP contribution in [0, 0.1) is 13.8 Å². The molecule has 1 aliphatic rings. The second-order valence-electron chi connectivity index (χ2n) is 8.61. The summed E-state index contributed by atoms with van der Waals surface area (Å²) in [7, 11) is 0. The molecule has 3 aromatic carbocycles. The van der Waals surface area contributed by atoms with Crippen LogP contribution in [-0.4, -0.2) is 28.2 Å². The molecule has 0 N–H and O–H groups in total. The number of carbonyl (C=O) groups excluding carboxylic acids is 2. The summed E-state index contributed by atoms with van der Waals surface area (Å²) in [6.45, 7) is 6.71. The third-order valence-corrected chi connectivity index (χ3v) is 6.59. The molecule has 1 aliphatic heterocycles. The number of unbranched alkanes of at least 4 members (excludes halogenated alkanes) is 2. The number of nitrogens with zero attached hydrogens (tertiary/aromatic N) is 2. The van der Waals surface area contributed by atoms with E-state index in [-0.39, 0.29) is 11.8 Å². The van der Waals surface area contributed by atoms with Gasteiger partial charge >= 0.3 is 0 Å². The number of fused-ring (bicyclic) bond motifs is 1. The zero-order valence-electron chi connectivity index (χ0n) is 18.7. The fourth-order valence-electron chi connectivity index (χ4n) is 5.01. The van der Waals surface area contributed by atoms with Crippen LogP contribution >= 0.6 is 0 Å². The van der Waals surface area contributed by atoms with Crippen molar-refractivity contribution >= 4 is 33.4 Å². The Labute approximate surface area is 187 Å². The molecule has 1 aromatic heterocycles. The summed E-state index contributed by atoms with van der Waals surface area (Å²) in [5.41, 5.74) is 5.53. The number of pyridine rings is 1. The molecule has 4 heteroatoms. The average molecular weight is 423 g/mol. The molecular weight excluding hydrogens is 396 g/mol. The second-order valence-corrected chi connectivity index (χ2v) is 8.61. The van der Waals surface area contributed by atoms with Crippen molar-refractivity contribution in [3.05, 3.63) is 77.1 Å². The van der Waals surface area contributed by atoms with Crippen LogP contribution in [0.4, 0.5) is 0 Å². The van der Waals surface area contributed by atoms with Gasteiger partial charge in [-0.1, -0.05) is 50.1 Å². The predicted octanol–water partition coefficient (Wildman–Crippen LogP) is 6.46. The van der Waals surface area contributed by atoms with Gasteiger partial charge in [-0.25, -0.2) is 0 Å². The van der Waals surface area contributed by atoms with Crippen molar-refractivity contribution in [2.24, 2.45) is 0 Å². The number of hydrogen-bond donors (Lipinski definition) is 0. The van der Waals surface area contributed by atoms with E-state index in [1.165, 1.54) is 10.5 Å². The first-order valence-electron chi connectivity index (χ1n) is 11.3. The van der Waals surface area contributed by atoms with Crippen LogP contribution in [0.2, 0.25) is 0 Å². The van der Waals surface area contributed by atoms with Crippen LogP contribution in [0.1, 0.15) is 58.2 Å². The maximum Gasteiger partial charge on any atom is 0.261 e. The largest absolute Gasteiger partial charge is 0.274 e. The van der Waals surface area contributed by atoms with Gasteiger partial charge in [0.25, 0.3) is 11.8 Å². The molecule has 0 unspecified atom stereocenters. The van der Waals surface area contributed by atoms with Crippen molar-refractivity contribution in [3.8, 4) is 11.1 Å². The van der Waals surface area contributed by atoms with Gasteiger partial charge in [-0.15, -0.1) is 0 Å². The van der Waals surface area contributed by atoms with Gasteiger partial charge in [0.05, 0.1) is 0 Å². The minimum absolute atomic E-state index is 0.185. The van der Waals surface area contributed by atoms with Crippen molar-refractivity contribution in [1.82, 2.24) is 9.88 Å². The van der Waals surface area contributed by atoms with E-state index in [1.54, 1.807) is 0 Å². The van der Waals surface area contributed by atoms with Crippen molar-refractivity contribution in [2.45, 2.75) is 40.0 Å². The lowest BCUT2D eigenvalue weighted by Gasteiger charge is -2.28. The predicted molar refractivity (Wildman–Crippen MR) is 129 cm³/mol. The van der Waals surface area contributed by atoms with E-state index in [0.29, 0.717) is 17.7 Å². The smallest absolute Gasteiger partial charge is 0.261 e. The Morgan fingerprint density at radius 1 is 0.750 bits per heavy atom. The highest BCUT2D eigenvalue weighted by atomic mass is 16.2. The Morgan fingerprint density at radius 3 is 2.16 bits per heavy atom. The maximum atomic E-state index is 13.3. The molecule has 0 fully saturated rings. The zero-order chi connectivity index (χ0) is 22.4. The molecule has 2 heterocycles. The fourth-order valence-corrected chi connectivity index (χ4v) is 5.01. The summed E-state index contributed by atoms with van der Waals surface area (Å²) in [4.78, 5) is 32.4. The van der Waals surface area contributed by atoms with Crippen LogP contribution in [-0.2, 0) is 0 Å². The SMILES string of the molecule is CCCCCN1C(=O)c2cccc3c(-c4ccc(C)c5c(C)nccc45)ccc(c23)C1=O. The van der Waals surface area contributed by atoms with E-state index < -0.39 is 0 Å². The summed E-state index contributed by atoms with van der Waals surface area (Å²) >= 11 is 0. The lowest BCUT2D eigenvalue weighted by molar-refractivity contribution is 0.0608. The van der Waals surface area contributed by atoms with Gasteiger partial charge in [-0.3, -0.25) is 19.5 Å². The van der Waals surface area contributed by atoms with Crippen LogP contribution < -0.4 is 0 Å². The fraction of sp³-hybridized carbons (Fsp3) is 0.250. The Bertz CT molecular complexity index is 1370. The molecule has 4 aromatic rings. The lowest BCUT2D eigenvalue weighted by atomic mass is 9.87. The van der Waals surface area contributed by atoms with Crippen molar-refractivity contribution in [1.29, 1.82) is 0 Å². The highest BCUT2D eigenvalue weighted by molar-refractivity contribution is 6.27. The van der Waals surface area contributed by atoms with Crippen LogP contribution in [0.3, 0.4) is 0 Å². The monoisotopic (exact) mass is 422 g/mol. The molecule has 0 aliphatic carbocycles. The zero-order valence-corrected chi connectivity index (χ0v) is 18.7. The molecule has 0 spiro atoms. The van der Waals surface area contributed by atoms with Crippen molar-refractivity contribution in [2.75, 3.05) is 6.54 Å². The third-order valence-electron chi connectivity index (χ3n) is 6.59. The number of hydrogen-bond acceptors (Lipinski definition) is 3. The topological polar surface area (TPSA) is 50.3 Å². The summed E-state index contributed by atoms with van der Waals surface area (Å²) in [6.07, 6.45) is 4.72. The first-order valence-corrected chi connectivity index (χ1v) is 11.3. The third kappa shape index (κ3) is 3.01. The number of imide groups is 1. The van der Waals surface area contributed by atoms with Gasteiger partial charge in [-0.2, -0.15) is 0 Å². The minimum Gasteiger partial charge on any atom is -0.274 e. The molecule has 2 amide bonds. The van der Waals surface area contributed by atoms with Crippen LogP contribution in [0.15, 0.2) is 54.7 Å². The minimum atomic E-state index is -0.185. The molecule has 0 saturated carbocycles. The first-order chi connectivity index (χ1) is 15.5. The lowest BCUT2D eigenvalue weighted by Crippen LogP contribution is -2.40. The molecule has 0 bridgehead atoms. The quantitative estimate of drug-likeness (QED) is 0.274. The molecule has 4 nitrogen and oxygen atoms in total. The number of aryl methyl sites for hydroxylation is 2. The van der Waals surface area contributed by atoms with Gasteiger partial charge in [0.15, 0.2) is 0 Å². The maximum absolute atomic E-state index is 13.3. The van der Waals surface area contributed by atoms with E-state index in [1.807, 2.05) is 49.5 Å². The van der Waals surface area contributed by atoms with E-state index in [4.69, 9.17) is 0 Å². The molecule has 160 valence electrons. The standard InChI is InChI=1S/C28H26N2O2/c1-4-5-6-16-30-27(31)23-9-7-8-21-20(12-13-24(26(21)23)28(30)32)19-11-10-17(2)25-18(3)29-15-14-22(19)25/h7-15H,4-6,16H2,1-3H3. The molecule has 0 saturated heterocycles. The molecule has 0 atom stereocenters. The van der Waals surface area contributed by atoms with Crippen LogP contribution in [0.5, 0.6) is 0 Å². The Hall–Kier alpha value is -3.53. The highest BCUT2D eigenvalue weighted by Gasteiger charge is 2.33. The normalized spacial score (nSPS) is 13.4. The van der Waals surface area contributed by atoms with Crippen LogP contribution in [0.25, 0.3) is 32.7 Å². The van der Waals surface area contributed by atoms with Crippen molar-refractivity contribution < 1.29 is 9.59 Å². The van der Waals surface area contributed by atoms with E-state index >= 15 is 0 Å². The average Bonchev–Trinajstić information content (AvgIpc) is 2.80. The van der Waals surface area contributed by atoms with Gasteiger partial charge in [0.2, 0.25) is 0 Å². The first kappa shape index (κ1) is 20.4. The number of rotatable bonds is 5. The summed E-state index contributed by atoms with van der Waals surface area (Å²) in [6, 6.07) is 16.0. The Kier molecular flexibility index (Phi) is 5.01. The van der Waals surface area contributed by atoms with Gasteiger partial charge in [-0.05, 0) is 65.9 Å².